The fourth-order valence-electron chi connectivity index (χ4n) is 2.43. The number of aromatic nitrogens is 1. The molecule has 0 spiro atoms. The van der Waals surface area contributed by atoms with Crippen LogP contribution in [0.15, 0.2) is 64.0 Å². The Kier molecular flexibility index (Phi) is 4.40. The predicted molar refractivity (Wildman–Crippen MR) is 93.3 cm³/mol. The molecule has 5 nitrogen and oxygen atoms in total. The smallest absolute Gasteiger partial charge is 0.264 e. The van der Waals surface area contributed by atoms with Gasteiger partial charge in [0.15, 0.2) is 0 Å². The summed E-state index contributed by atoms with van der Waals surface area (Å²) in [6, 6.07) is 16.0. The van der Waals surface area contributed by atoms with Crippen LogP contribution >= 0.6 is 0 Å². The van der Waals surface area contributed by atoms with Gasteiger partial charge in [-0.15, -0.1) is 0 Å². The van der Waals surface area contributed by atoms with Gasteiger partial charge in [-0.1, -0.05) is 60.1 Å². The molecule has 2 aromatic carbocycles. The first-order chi connectivity index (χ1) is 11.5. The maximum absolute atomic E-state index is 12.5. The van der Waals surface area contributed by atoms with Crippen molar-refractivity contribution in [2.24, 2.45) is 0 Å². The second-order valence-electron chi connectivity index (χ2n) is 5.47. The van der Waals surface area contributed by atoms with Crippen LogP contribution in [-0.2, 0) is 16.4 Å². The number of aryl methyl sites for hydroxylation is 2. The number of hydrogen-bond acceptors (Lipinski definition) is 4. The fraction of sp³-hybridized carbons (Fsp3) is 0.167. The van der Waals surface area contributed by atoms with Crippen molar-refractivity contribution in [3.8, 4) is 11.1 Å². The van der Waals surface area contributed by atoms with Gasteiger partial charge >= 0.3 is 0 Å². The van der Waals surface area contributed by atoms with E-state index in [0.717, 1.165) is 11.1 Å². The first-order valence-electron chi connectivity index (χ1n) is 7.64. The van der Waals surface area contributed by atoms with Gasteiger partial charge < -0.3 is 4.52 Å². The lowest BCUT2D eigenvalue weighted by atomic mass is 10.0. The molecule has 0 atom stereocenters. The minimum Gasteiger partial charge on any atom is -0.337 e. The van der Waals surface area contributed by atoms with Crippen molar-refractivity contribution in [3.05, 3.63) is 65.9 Å². The summed E-state index contributed by atoms with van der Waals surface area (Å²) in [5.41, 5.74) is 3.38. The Balaban J connectivity index is 2.03. The Morgan fingerprint density at radius 1 is 1.04 bits per heavy atom. The third-order valence-electron chi connectivity index (χ3n) is 3.72. The summed E-state index contributed by atoms with van der Waals surface area (Å²) in [5, 5.41) is 4.01. The minimum atomic E-state index is -3.73. The molecular formula is C18H18N2O3S. The highest BCUT2D eigenvalue weighted by Crippen LogP contribution is 2.33. The molecule has 0 radical (unpaired) electrons. The lowest BCUT2D eigenvalue weighted by molar-refractivity contribution is 0.427. The molecule has 0 fully saturated rings. The zero-order valence-corrected chi connectivity index (χ0v) is 14.3. The van der Waals surface area contributed by atoms with Crippen molar-refractivity contribution >= 4 is 15.9 Å². The Morgan fingerprint density at radius 2 is 1.71 bits per heavy atom. The van der Waals surface area contributed by atoms with Crippen LogP contribution in [0.1, 0.15) is 18.2 Å². The SMILES string of the molecule is CCc1noc(NS(=O)(=O)c2ccccc2)c1-c1ccc(C)cc1. The summed E-state index contributed by atoms with van der Waals surface area (Å²) in [5.74, 6) is 0.138. The number of nitrogens with zero attached hydrogens (tertiary/aromatic N) is 1. The predicted octanol–water partition coefficient (Wildman–Crippen LogP) is 4.01. The van der Waals surface area contributed by atoms with Crippen molar-refractivity contribution in [1.82, 2.24) is 5.16 Å². The normalized spacial score (nSPS) is 11.4. The third-order valence-corrected chi connectivity index (χ3v) is 5.07. The maximum atomic E-state index is 12.5. The molecule has 0 amide bonds. The van der Waals surface area contributed by atoms with Crippen LogP contribution in [0.4, 0.5) is 5.88 Å². The molecule has 0 aliphatic heterocycles. The number of benzene rings is 2. The summed E-state index contributed by atoms with van der Waals surface area (Å²) in [4.78, 5) is 0.175. The van der Waals surface area contributed by atoms with E-state index in [0.29, 0.717) is 17.7 Å². The van der Waals surface area contributed by atoms with E-state index in [4.69, 9.17) is 4.52 Å². The van der Waals surface area contributed by atoms with Gasteiger partial charge in [-0.3, -0.25) is 0 Å². The molecule has 1 N–H and O–H groups in total. The quantitative estimate of drug-likeness (QED) is 0.760. The Morgan fingerprint density at radius 3 is 2.33 bits per heavy atom. The standard InChI is InChI=1S/C18H18N2O3S/c1-3-16-17(14-11-9-13(2)10-12-14)18(23-19-16)20-24(21,22)15-7-5-4-6-8-15/h4-12,20H,3H2,1-2H3. The van der Waals surface area contributed by atoms with E-state index in [1.807, 2.05) is 38.1 Å². The zero-order chi connectivity index (χ0) is 17.2. The molecule has 0 unspecified atom stereocenters. The number of sulfonamides is 1. The van der Waals surface area contributed by atoms with Gasteiger partial charge in [-0.25, -0.2) is 13.1 Å². The van der Waals surface area contributed by atoms with Crippen molar-refractivity contribution in [1.29, 1.82) is 0 Å². The van der Waals surface area contributed by atoms with Crippen LogP contribution in [0, 0.1) is 6.92 Å². The molecule has 6 heteroatoms. The van der Waals surface area contributed by atoms with Crippen LogP contribution in [-0.4, -0.2) is 13.6 Å². The van der Waals surface area contributed by atoms with Crippen LogP contribution in [0.3, 0.4) is 0 Å². The average Bonchev–Trinajstić information content (AvgIpc) is 2.98. The highest BCUT2D eigenvalue weighted by atomic mass is 32.2. The van der Waals surface area contributed by atoms with E-state index in [9.17, 15) is 8.42 Å². The maximum Gasteiger partial charge on any atom is 0.264 e. The van der Waals surface area contributed by atoms with Gasteiger partial charge in [0.1, 0.15) is 0 Å². The Labute approximate surface area is 141 Å². The molecule has 0 saturated heterocycles. The molecular weight excluding hydrogens is 324 g/mol. The first-order valence-corrected chi connectivity index (χ1v) is 9.13. The number of nitrogens with one attached hydrogen (secondary N) is 1. The van der Waals surface area contributed by atoms with Crippen molar-refractivity contribution < 1.29 is 12.9 Å². The zero-order valence-electron chi connectivity index (χ0n) is 13.5. The van der Waals surface area contributed by atoms with Crippen LogP contribution in [0.25, 0.3) is 11.1 Å². The molecule has 0 aliphatic carbocycles. The largest absolute Gasteiger partial charge is 0.337 e. The monoisotopic (exact) mass is 342 g/mol. The van der Waals surface area contributed by atoms with E-state index in [1.54, 1.807) is 18.2 Å². The lowest BCUT2D eigenvalue weighted by Gasteiger charge is -2.08. The van der Waals surface area contributed by atoms with E-state index >= 15 is 0 Å². The molecule has 124 valence electrons. The minimum absolute atomic E-state index is 0.138. The Hall–Kier alpha value is -2.60. The molecule has 1 aromatic heterocycles. The topological polar surface area (TPSA) is 72.2 Å². The first kappa shape index (κ1) is 16.3. The molecule has 0 bridgehead atoms. The van der Waals surface area contributed by atoms with Gasteiger partial charge in [-0.05, 0) is 31.0 Å². The van der Waals surface area contributed by atoms with Gasteiger partial charge in [-0.2, -0.15) is 0 Å². The second-order valence-corrected chi connectivity index (χ2v) is 7.15. The highest BCUT2D eigenvalue weighted by Gasteiger charge is 2.22. The summed E-state index contributed by atoms with van der Waals surface area (Å²) in [6.07, 6.45) is 0.639. The highest BCUT2D eigenvalue weighted by molar-refractivity contribution is 7.92. The van der Waals surface area contributed by atoms with Crippen LogP contribution in [0.5, 0.6) is 0 Å². The summed E-state index contributed by atoms with van der Waals surface area (Å²) in [6.45, 7) is 3.95. The average molecular weight is 342 g/mol. The van der Waals surface area contributed by atoms with Gasteiger partial charge in [0, 0.05) is 0 Å². The number of hydrogen-bond donors (Lipinski definition) is 1. The number of anilines is 1. The molecule has 0 saturated carbocycles. The lowest BCUT2D eigenvalue weighted by Crippen LogP contribution is -2.13. The second kappa shape index (κ2) is 6.49. The summed E-state index contributed by atoms with van der Waals surface area (Å²) >= 11 is 0. The van der Waals surface area contributed by atoms with Gasteiger partial charge in [0.05, 0.1) is 16.2 Å². The van der Waals surface area contributed by atoms with E-state index < -0.39 is 10.0 Å². The van der Waals surface area contributed by atoms with Crippen molar-refractivity contribution in [2.75, 3.05) is 4.72 Å². The fourth-order valence-corrected chi connectivity index (χ4v) is 3.45. The van der Waals surface area contributed by atoms with E-state index in [2.05, 4.69) is 9.88 Å². The van der Waals surface area contributed by atoms with Crippen molar-refractivity contribution in [3.63, 3.8) is 0 Å². The molecule has 3 rings (SSSR count). The van der Waals surface area contributed by atoms with Gasteiger partial charge in [0.2, 0.25) is 5.88 Å². The molecule has 24 heavy (non-hydrogen) atoms. The van der Waals surface area contributed by atoms with Crippen LogP contribution in [0.2, 0.25) is 0 Å². The summed E-state index contributed by atoms with van der Waals surface area (Å²) < 4.78 is 32.9. The van der Waals surface area contributed by atoms with Gasteiger partial charge in [0.25, 0.3) is 10.0 Å². The molecule has 0 aliphatic rings. The molecule has 3 aromatic rings. The summed E-state index contributed by atoms with van der Waals surface area (Å²) in [7, 11) is -3.73. The van der Waals surface area contributed by atoms with Crippen molar-refractivity contribution in [2.45, 2.75) is 25.2 Å². The molecule has 1 heterocycles. The Bertz CT molecular complexity index is 930. The van der Waals surface area contributed by atoms with E-state index in [1.165, 1.54) is 12.1 Å². The third kappa shape index (κ3) is 3.19. The van der Waals surface area contributed by atoms with E-state index in [-0.39, 0.29) is 10.8 Å². The number of rotatable bonds is 5. The van der Waals surface area contributed by atoms with Crippen LogP contribution < -0.4 is 4.72 Å².